The van der Waals surface area contributed by atoms with Gasteiger partial charge in [0.05, 0.1) is 12.2 Å². The molecule has 0 saturated heterocycles. The van der Waals surface area contributed by atoms with Crippen LogP contribution < -0.4 is 0 Å². The van der Waals surface area contributed by atoms with Gasteiger partial charge in [0.25, 0.3) is 0 Å². The van der Waals surface area contributed by atoms with E-state index in [2.05, 4.69) is 40.7 Å². The molecule has 0 spiro atoms. The number of hydrogen-bond acceptors (Lipinski definition) is 3. The highest BCUT2D eigenvalue weighted by molar-refractivity contribution is 5.24. The van der Waals surface area contributed by atoms with Gasteiger partial charge in [0, 0.05) is 7.11 Å². The van der Waals surface area contributed by atoms with Gasteiger partial charge < -0.3 is 14.6 Å². The van der Waals surface area contributed by atoms with Crippen LogP contribution in [-0.4, -0.2) is 30.2 Å². The molecule has 8 atom stereocenters. The second-order valence-corrected chi connectivity index (χ2v) is 11.2. The standard InChI is InChI=1S/C25H42O3/c1-7-16-8-9-19-22-20(11-13-24(16,19)4)25(5)12-10-18(26)14-17(25)15-21(22)28-23(2,3)27-6/h7,17-22,26H,8-15H2,1-6H3/b16-7-/t17?,18-,19?,20?,21?,22?,24-,25+/m1/s1. The largest absolute Gasteiger partial charge is 0.393 e. The number of rotatable bonds is 3. The minimum absolute atomic E-state index is 0.124. The average molecular weight is 391 g/mol. The molecule has 3 nitrogen and oxygen atoms in total. The predicted molar refractivity (Wildman–Crippen MR) is 113 cm³/mol. The van der Waals surface area contributed by atoms with Crippen molar-refractivity contribution < 1.29 is 14.6 Å². The summed E-state index contributed by atoms with van der Waals surface area (Å²) in [5.41, 5.74) is 2.40. The summed E-state index contributed by atoms with van der Waals surface area (Å²) in [6.07, 6.45) is 11.9. The van der Waals surface area contributed by atoms with E-state index in [9.17, 15) is 5.11 Å². The molecule has 0 radical (unpaired) electrons. The van der Waals surface area contributed by atoms with E-state index in [4.69, 9.17) is 9.47 Å². The molecule has 0 heterocycles. The Balaban J connectivity index is 1.72. The Kier molecular flexibility index (Phi) is 5.29. The van der Waals surface area contributed by atoms with Crippen molar-refractivity contribution in [3.63, 3.8) is 0 Å². The number of methoxy groups -OCH3 is 1. The monoisotopic (exact) mass is 390 g/mol. The van der Waals surface area contributed by atoms with Crippen molar-refractivity contribution in [2.24, 2.45) is 34.5 Å². The number of aliphatic hydroxyl groups excluding tert-OH is 1. The molecule has 4 rings (SSSR count). The van der Waals surface area contributed by atoms with E-state index in [1.54, 1.807) is 12.7 Å². The molecule has 160 valence electrons. The van der Waals surface area contributed by atoms with Crippen molar-refractivity contribution in [2.75, 3.05) is 7.11 Å². The first-order valence-corrected chi connectivity index (χ1v) is 11.7. The summed E-state index contributed by atoms with van der Waals surface area (Å²) in [5, 5.41) is 10.4. The summed E-state index contributed by atoms with van der Waals surface area (Å²) < 4.78 is 12.4. The lowest BCUT2D eigenvalue weighted by molar-refractivity contribution is -0.273. The van der Waals surface area contributed by atoms with Crippen LogP contribution in [0.4, 0.5) is 0 Å². The Morgan fingerprint density at radius 3 is 2.50 bits per heavy atom. The minimum Gasteiger partial charge on any atom is -0.393 e. The summed E-state index contributed by atoms with van der Waals surface area (Å²) in [7, 11) is 1.76. The van der Waals surface area contributed by atoms with E-state index in [0.717, 1.165) is 25.2 Å². The quantitative estimate of drug-likeness (QED) is 0.495. The SMILES string of the molecule is C/C=C1/CCC2C3C(OC(C)(C)OC)CC4C[C@H](O)CC[C@]4(C)C3CC[C@]12C. The highest BCUT2D eigenvalue weighted by Gasteiger charge is 2.62. The van der Waals surface area contributed by atoms with Gasteiger partial charge >= 0.3 is 0 Å². The van der Waals surface area contributed by atoms with Crippen LogP contribution in [-0.2, 0) is 9.47 Å². The van der Waals surface area contributed by atoms with E-state index >= 15 is 0 Å². The average Bonchev–Trinajstić information content (AvgIpc) is 2.99. The van der Waals surface area contributed by atoms with Crippen molar-refractivity contribution in [1.29, 1.82) is 0 Å². The highest BCUT2D eigenvalue weighted by Crippen LogP contribution is 2.67. The van der Waals surface area contributed by atoms with Gasteiger partial charge in [-0.05, 0) is 107 Å². The summed E-state index contributed by atoms with van der Waals surface area (Å²) in [4.78, 5) is 0. The second kappa shape index (κ2) is 7.10. The van der Waals surface area contributed by atoms with Crippen molar-refractivity contribution in [3.05, 3.63) is 11.6 Å². The van der Waals surface area contributed by atoms with Gasteiger partial charge in [-0.15, -0.1) is 0 Å². The minimum atomic E-state index is -0.549. The van der Waals surface area contributed by atoms with Gasteiger partial charge in [0.1, 0.15) is 0 Å². The molecule has 4 aliphatic carbocycles. The smallest absolute Gasteiger partial charge is 0.162 e. The number of aliphatic hydroxyl groups is 1. The normalized spacial score (nSPS) is 50.2. The zero-order valence-corrected chi connectivity index (χ0v) is 19.0. The molecule has 0 aromatic heterocycles. The maximum Gasteiger partial charge on any atom is 0.162 e. The van der Waals surface area contributed by atoms with Crippen LogP contribution in [0.15, 0.2) is 11.6 Å². The van der Waals surface area contributed by atoms with E-state index in [1.165, 1.54) is 32.1 Å². The second-order valence-electron chi connectivity index (χ2n) is 11.2. The lowest BCUT2D eigenvalue weighted by Crippen LogP contribution is -2.59. The third kappa shape index (κ3) is 3.11. The van der Waals surface area contributed by atoms with Crippen LogP contribution in [0.3, 0.4) is 0 Å². The summed E-state index contributed by atoms with van der Waals surface area (Å²) in [6.45, 7) is 11.4. The lowest BCUT2D eigenvalue weighted by Gasteiger charge is -2.63. The van der Waals surface area contributed by atoms with E-state index in [1.807, 2.05) is 0 Å². The fraction of sp³-hybridized carbons (Fsp3) is 0.920. The Labute approximate surface area is 172 Å². The molecule has 5 unspecified atom stereocenters. The lowest BCUT2D eigenvalue weighted by atomic mass is 9.44. The number of fused-ring (bicyclic) bond motifs is 5. The molecule has 0 aromatic carbocycles. The van der Waals surface area contributed by atoms with Crippen molar-refractivity contribution in [2.45, 2.75) is 104 Å². The fourth-order valence-corrected chi connectivity index (χ4v) is 8.03. The Morgan fingerprint density at radius 2 is 1.82 bits per heavy atom. The van der Waals surface area contributed by atoms with Gasteiger partial charge in [0.2, 0.25) is 0 Å². The number of hydrogen-bond donors (Lipinski definition) is 1. The van der Waals surface area contributed by atoms with E-state index < -0.39 is 5.79 Å². The molecule has 0 aromatic rings. The van der Waals surface area contributed by atoms with Gasteiger partial charge in [0.15, 0.2) is 5.79 Å². The maximum atomic E-state index is 10.4. The van der Waals surface area contributed by atoms with Crippen LogP contribution in [0.2, 0.25) is 0 Å². The molecule has 0 aliphatic heterocycles. The maximum absolute atomic E-state index is 10.4. The number of allylic oxidation sites excluding steroid dienone is 2. The molecule has 4 saturated carbocycles. The van der Waals surface area contributed by atoms with Crippen LogP contribution >= 0.6 is 0 Å². The third-order valence-electron chi connectivity index (χ3n) is 9.75. The fourth-order valence-electron chi connectivity index (χ4n) is 8.03. The van der Waals surface area contributed by atoms with Crippen LogP contribution in [0.5, 0.6) is 0 Å². The van der Waals surface area contributed by atoms with E-state index in [0.29, 0.717) is 28.6 Å². The third-order valence-corrected chi connectivity index (χ3v) is 9.75. The van der Waals surface area contributed by atoms with Gasteiger partial charge in [-0.2, -0.15) is 0 Å². The van der Waals surface area contributed by atoms with Gasteiger partial charge in [-0.1, -0.05) is 25.5 Å². The van der Waals surface area contributed by atoms with Gasteiger partial charge in [-0.3, -0.25) is 0 Å². The summed E-state index contributed by atoms with van der Waals surface area (Å²) in [5.74, 6) is 2.07. The molecule has 1 N–H and O–H groups in total. The van der Waals surface area contributed by atoms with Crippen LogP contribution in [0, 0.1) is 34.5 Å². The first-order chi connectivity index (χ1) is 13.1. The topological polar surface area (TPSA) is 38.7 Å². The Bertz CT molecular complexity index is 625. The first-order valence-electron chi connectivity index (χ1n) is 11.7. The zero-order chi connectivity index (χ0) is 20.3. The van der Waals surface area contributed by atoms with Crippen molar-refractivity contribution in [3.8, 4) is 0 Å². The van der Waals surface area contributed by atoms with Crippen LogP contribution in [0.25, 0.3) is 0 Å². The van der Waals surface area contributed by atoms with E-state index in [-0.39, 0.29) is 12.2 Å². The first kappa shape index (κ1) is 20.9. The van der Waals surface area contributed by atoms with Crippen LogP contribution in [0.1, 0.15) is 86.0 Å². The predicted octanol–water partition coefficient (Wildman–Crippen LogP) is 5.71. The Morgan fingerprint density at radius 1 is 1.07 bits per heavy atom. The van der Waals surface area contributed by atoms with Crippen molar-refractivity contribution >= 4 is 0 Å². The number of ether oxygens (including phenoxy) is 2. The molecule has 3 heteroatoms. The summed E-state index contributed by atoms with van der Waals surface area (Å²) >= 11 is 0. The van der Waals surface area contributed by atoms with Gasteiger partial charge in [-0.25, -0.2) is 0 Å². The molecular formula is C25H42O3. The molecule has 4 aliphatic rings. The molecular weight excluding hydrogens is 348 g/mol. The zero-order valence-electron chi connectivity index (χ0n) is 19.0. The summed E-state index contributed by atoms with van der Waals surface area (Å²) in [6, 6.07) is 0. The molecule has 0 amide bonds. The highest BCUT2D eigenvalue weighted by atomic mass is 16.7. The van der Waals surface area contributed by atoms with Crippen molar-refractivity contribution in [1.82, 2.24) is 0 Å². The molecule has 0 bridgehead atoms. The molecule has 4 fully saturated rings. The Hall–Kier alpha value is -0.380. The molecule has 28 heavy (non-hydrogen) atoms.